The Kier molecular flexibility index (Phi) is 4.63. The molecule has 0 radical (unpaired) electrons. The van der Waals surface area contributed by atoms with E-state index in [4.69, 9.17) is 4.74 Å². The standard InChI is InChI=1S/C27H21N3O5/c1-35-16-12-10-15(11-13-16)24-23-19(17-6-2-4-8-20(17)28-23)14-22-25(31)30(27(34)29(22)24)21-9-5-3-7-18(21)26(32)33/h2-13,22,24,28H,14H2,1H3,(H,32,33)/t22-,24?/m1/s1. The van der Waals surface area contributed by atoms with Gasteiger partial charge in [-0.15, -0.1) is 0 Å². The predicted molar refractivity (Wildman–Crippen MR) is 129 cm³/mol. The molecular formula is C27H21N3O5. The summed E-state index contributed by atoms with van der Waals surface area (Å²) >= 11 is 0. The number of imide groups is 1. The van der Waals surface area contributed by atoms with Crippen LogP contribution in [-0.4, -0.2) is 46.0 Å². The molecule has 0 spiro atoms. The lowest BCUT2D eigenvalue weighted by Gasteiger charge is -2.36. The molecular weight excluding hydrogens is 446 g/mol. The Morgan fingerprint density at radius 1 is 1.00 bits per heavy atom. The third kappa shape index (κ3) is 3.03. The maximum absolute atomic E-state index is 13.9. The molecule has 0 saturated carbocycles. The summed E-state index contributed by atoms with van der Waals surface area (Å²) in [5.41, 5.74) is 3.56. The number of anilines is 1. The Morgan fingerprint density at radius 2 is 1.71 bits per heavy atom. The van der Waals surface area contributed by atoms with Crippen molar-refractivity contribution in [3.63, 3.8) is 0 Å². The number of carbonyl (C=O) groups excluding carboxylic acids is 2. The first-order valence-electron chi connectivity index (χ1n) is 11.2. The largest absolute Gasteiger partial charge is 0.497 e. The fourth-order valence-electron chi connectivity index (χ4n) is 5.28. The number of para-hydroxylation sites is 2. The number of benzene rings is 3. The summed E-state index contributed by atoms with van der Waals surface area (Å²) in [7, 11) is 1.59. The zero-order chi connectivity index (χ0) is 24.3. The van der Waals surface area contributed by atoms with E-state index >= 15 is 0 Å². The van der Waals surface area contributed by atoms with Crippen LogP contribution in [0.2, 0.25) is 0 Å². The Balaban J connectivity index is 1.54. The molecule has 1 unspecified atom stereocenters. The third-order valence-corrected chi connectivity index (χ3v) is 6.86. The van der Waals surface area contributed by atoms with Crippen LogP contribution in [0.1, 0.15) is 33.2 Å². The highest BCUT2D eigenvalue weighted by Gasteiger charge is 2.53. The van der Waals surface area contributed by atoms with E-state index in [9.17, 15) is 19.5 Å². The lowest BCUT2D eigenvalue weighted by molar-refractivity contribution is -0.120. The highest BCUT2D eigenvalue weighted by Crippen LogP contribution is 2.45. The van der Waals surface area contributed by atoms with Crippen molar-refractivity contribution in [2.45, 2.75) is 18.5 Å². The first-order chi connectivity index (χ1) is 17.0. The van der Waals surface area contributed by atoms with E-state index in [1.807, 2.05) is 48.5 Å². The molecule has 2 atom stereocenters. The van der Waals surface area contributed by atoms with E-state index in [1.165, 1.54) is 12.1 Å². The third-order valence-electron chi connectivity index (χ3n) is 6.86. The molecule has 3 amide bonds. The van der Waals surface area contributed by atoms with E-state index in [2.05, 4.69) is 4.98 Å². The van der Waals surface area contributed by atoms with Crippen LogP contribution in [0.25, 0.3) is 10.9 Å². The van der Waals surface area contributed by atoms with Crippen molar-refractivity contribution in [3.8, 4) is 5.75 Å². The summed E-state index contributed by atoms with van der Waals surface area (Å²) in [6.07, 6.45) is 0.336. The van der Waals surface area contributed by atoms with Crippen LogP contribution < -0.4 is 9.64 Å². The molecule has 0 bridgehead atoms. The van der Waals surface area contributed by atoms with Gasteiger partial charge < -0.3 is 14.8 Å². The van der Waals surface area contributed by atoms with Crippen LogP contribution in [0.5, 0.6) is 5.75 Å². The van der Waals surface area contributed by atoms with Crippen LogP contribution in [0, 0.1) is 0 Å². The first kappa shape index (κ1) is 21.0. The van der Waals surface area contributed by atoms with Gasteiger partial charge in [0.15, 0.2) is 0 Å². The molecule has 4 aromatic rings. The molecule has 2 aliphatic rings. The number of aromatic nitrogens is 1. The van der Waals surface area contributed by atoms with Gasteiger partial charge in [0.25, 0.3) is 5.91 Å². The van der Waals surface area contributed by atoms with Crippen molar-refractivity contribution < 1.29 is 24.2 Å². The Hall–Kier alpha value is -4.59. The van der Waals surface area contributed by atoms with Crippen molar-refractivity contribution in [2.24, 2.45) is 0 Å². The topological polar surface area (TPSA) is 103 Å². The number of carbonyl (C=O) groups is 3. The van der Waals surface area contributed by atoms with Gasteiger partial charge in [0, 0.05) is 23.0 Å². The fourth-order valence-corrected chi connectivity index (χ4v) is 5.28. The number of hydrogen-bond acceptors (Lipinski definition) is 4. The average Bonchev–Trinajstić information content (AvgIpc) is 3.37. The smallest absolute Gasteiger partial charge is 0.337 e. The highest BCUT2D eigenvalue weighted by atomic mass is 16.5. The maximum Gasteiger partial charge on any atom is 0.337 e. The number of urea groups is 1. The number of H-pyrrole nitrogens is 1. The number of nitrogens with zero attached hydrogens (tertiary/aromatic N) is 2. The quantitative estimate of drug-likeness (QED) is 0.434. The van der Waals surface area contributed by atoms with Gasteiger partial charge in [0.05, 0.1) is 18.4 Å². The molecule has 35 heavy (non-hydrogen) atoms. The number of nitrogens with one attached hydrogen (secondary N) is 1. The van der Waals surface area contributed by atoms with Gasteiger partial charge in [0.1, 0.15) is 17.8 Å². The molecule has 174 valence electrons. The van der Waals surface area contributed by atoms with Gasteiger partial charge in [-0.2, -0.15) is 0 Å². The van der Waals surface area contributed by atoms with E-state index in [1.54, 1.807) is 24.1 Å². The number of hydrogen-bond donors (Lipinski definition) is 2. The Morgan fingerprint density at radius 3 is 2.46 bits per heavy atom. The lowest BCUT2D eigenvalue weighted by atomic mass is 9.89. The minimum atomic E-state index is -1.20. The molecule has 6 rings (SSSR count). The van der Waals surface area contributed by atoms with Gasteiger partial charge in [-0.05, 0) is 41.5 Å². The van der Waals surface area contributed by atoms with Gasteiger partial charge in [-0.1, -0.05) is 42.5 Å². The number of aromatic amines is 1. The van der Waals surface area contributed by atoms with Gasteiger partial charge in [0.2, 0.25) is 0 Å². The summed E-state index contributed by atoms with van der Waals surface area (Å²) in [5.74, 6) is -0.953. The van der Waals surface area contributed by atoms with Gasteiger partial charge in [-0.3, -0.25) is 9.69 Å². The van der Waals surface area contributed by atoms with Crippen molar-refractivity contribution >= 4 is 34.5 Å². The second-order valence-corrected chi connectivity index (χ2v) is 8.64. The van der Waals surface area contributed by atoms with Crippen molar-refractivity contribution in [3.05, 3.63) is 95.2 Å². The zero-order valence-corrected chi connectivity index (χ0v) is 18.8. The molecule has 2 N–H and O–H groups in total. The molecule has 0 aliphatic carbocycles. The summed E-state index contributed by atoms with van der Waals surface area (Å²) in [6.45, 7) is 0. The maximum atomic E-state index is 13.9. The summed E-state index contributed by atoms with van der Waals surface area (Å²) in [6, 6.07) is 19.5. The van der Waals surface area contributed by atoms with Crippen LogP contribution >= 0.6 is 0 Å². The summed E-state index contributed by atoms with van der Waals surface area (Å²) in [4.78, 5) is 45.5. The van der Waals surface area contributed by atoms with E-state index in [0.717, 1.165) is 32.6 Å². The molecule has 2 aliphatic heterocycles. The number of amides is 3. The molecule has 1 fully saturated rings. The van der Waals surface area contributed by atoms with Crippen molar-refractivity contribution in [2.75, 3.05) is 12.0 Å². The SMILES string of the molecule is COc1ccc(C2c3[nH]c4ccccc4c3C[C@@H]3C(=O)N(c4ccccc4C(=O)O)C(=O)N23)cc1. The Labute approximate surface area is 200 Å². The molecule has 8 nitrogen and oxygen atoms in total. The number of carboxylic acid groups (broad SMARTS) is 1. The summed E-state index contributed by atoms with van der Waals surface area (Å²) in [5, 5.41) is 10.7. The second-order valence-electron chi connectivity index (χ2n) is 8.64. The van der Waals surface area contributed by atoms with Crippen molar-refractivity contribution in [1.29, 1.82) is 0 Å². The number of aromatic carboxylic acids is 1. The highest BCUT2D eigenvalue weighted by molar-refractivity contribution is 6.23. The normalized spacial score (nSPS) is 19.1. The lowest BCUT2D eigenvalue weighted by Crippen LogP contribution is -2.44. The molecule has 3 aromatic carbocycles. The van der Waals surface area contributed by atoms with Crippen molar-refractivity contribution in [1.82, 2.24) is 9.88 Å². The van der Waals surface area contributed by atoms with E-state index < -0.39 is 30.0 Å². The van der Waals surface area contributed by atoms with E-state index in [0.29, 0.717) is 12.2 Å². The van der Waals surface area contributed by atoms with Crippen LogP contribution in [-0.2, 0) is 11.2 Å². The molecule has 3 heterocycles. The monoisotopic (exact) mass is 467 g/mol. The number of carboxylic acids is 1. The summed E-state index contributed by atoms with van der Waals surface area (Å²) < 4.78 is 5.30. The minimum Gasteiger partial charge on any atom is -0.497 e. The molecule has 1 saturated heterocycles. The number of ether oxygens (including phenoxy) is 1. The predicted octanol–water partition coefficient (Wildman–Crippen LogP) is 4.36. The number of methoxy groups -OCH3 is 1. The number of rotatable bonds is 4. The van der Waals surface area contributed by atoms with Crippen LogP contribution in [0.15, 0.2) is 72.8 Å². The average molecular weight is 467 g/mol. The minimum absolute atomic E-state index is 0.0754. The van der Waals surface area contributed by atoms with Crippen LogP contribution in [0.4, 0.5) is 10.5 Å². The van der Waals surface area contributed by atoms with Gasteiger partial charge >= 0.3 is 12.0 Å². The van der Waals surface area contributed by atoms with E-state index in [-0.39, 0.29) is 11.3 Å². The molecule has 1 aromatic heterocycles. The number of fused-ring (bicyclic) bond motifs is 4. The Bertz CT molecular complexity index is 1510. The molecule has 8 heteroatoms. The van der Waals surface area contributed by atoms with Gasteiger partial charge in [-0.25, -0.2) is 14.5 Å². The first-order valence-corrected chi connectivity index (χ1v) is 11.2. The van der Waals surface area contributed by atoms with Crippen LogP contribution in [0.3, 0.4) is 0 Å². The zero-order valence-electron chi connectivity index (χ0n) is 18.8. The second kappa shape index (κ2) is 7.73. The fraction of sp³-hybridized carbons (Fsp3) is 0.148.